The second-order valence-electron chi connectivity index (χ2n) is 25.8. The average Bonchev–Trinajstić information content (AvgIpc) is 3.95. The topological polar surface area (TPSA) is 0 Å². The Balaban J connectivity index is 1.36. The van der Waals surface area contributed by atoms with E-state index >= 15 is 0 Å². The van der Waals surface area contributed by atoms with Crippen LogP contribution in [0.3, 0.4) is 0 Å². The molecule has 1 heterocycles. The predicted molar refractivity (Wildman–Crippen MR) is 327 cm³/mol. The first-order valence-corrected chi connectivity index (χ1v) is 52.3. The Morgan fingerprint density at radius 2 is 0.886 bits per heavy atom. The minimum absolute atomic E-state index is 0.109. The van der Waals surface area contributed by atoms with Crippen LogP contribution < -0.4 is 34.4 Å². The van der Waals surface area contributed by atoms with Crippen molar-refractivity contribution in [1.82, 2.24) is 0 Å². The van der Waals surface area contributed by atoms with E-state index in [-0.39, 0.29) is 7.25 Å². The van der Waals surface area contributed by atoms with Crippen molar-refractivity contribution in [3.63, 3.8) is 0 Å². The fourth-order valence-corrected chi connectivity index (χ4v) is 46.5. The van der Waals surface area contributed by atoms with Crippen molar-refractivity contribution in [2.24, 2.45) is 0 Å². The number of hydrogen-bond donors (Lipinski definition) is 0. The predicted octanol–water partition coefficient (Wildman–Crippen LogP) is 14.1. The molecule has 0 nitrogen and oxygen atoms in total. The molecule has 0 saturated carbocycles. The van der Waals surface area contributed by atoms with Crippen molar-refractivity contribution in [2.75, 3.05) is 0 Å². The third-order valence-corrected chi connectivity index (χ3v) is 47.7. The van der Waals surface area contributed by atoms with Gasteiger partial charge in [-0.3, -0.25) is 0 Å². The van der Waals surface area contributed by atoms with E-state index in [1.165, 1.54) is 91.6 Å². The van der Waals surface area contributed by atoms with E-state index in [9.17, 15) is 17.0 Å². The molecule has 0 radical (unpaired) electrons. The molecule has 0 saturated heterocycles. The molecular formula is C62H79Cl2Si5Zr. The van der Waals surface area contributed by atoms with Gasteiger partial charge in [-0.2, -0.15) is 0 Å². The van der Waals surface area contributed by atoms with Gasteiger partial charge in [-0.05, 0) is 0 Å². The zero-order valence-electron chi connectivity index (χ0n) is 45.4. The number of fused-ring (bicyclic) bond motifs is 5. The Hall–Kier alpha value is -2.65. The van der Waals surface area contributed by atoms with E-state index in [0.29, 0.717) is 0 Å². The van der Waals surface area contributed by atoms with Crippen LogP contribution in [0.2, 0.25) is 78.6 Å². The van der Waals surface area contributed by atoms with Gasteiger partial charge in [0.1, 0.15) is 0 Å². The van der Waals surface area contributed by atoms with Crippen molar-refractivity contribution in [2.45, 2.75) is 139 Å². The van der Waals surface area contributed by atoms with Crippen LogP contribution >= 0.6 is 17.0 Å². The van der Waals surface area contributed by atoms with Crippen molar-refractivity contribution in [3.05, 3.63) is 148 Å². The quantitative estimate of drug-likeness (QED) is 0.101. The summed E-state index contributed by atoms with van der Waals surface area (Å²) in [5, 5.41) is 9.20. The number of benzene rings is 6. The zero-order valence-corrected chi connectivity index (χ0v) is 54.8. The number of allylic oxidation sites excluding steroid dienone is 2. The van der Waals surface area contributed by atoms with Gasteiger partial charge in [-0.15, -0.1) is 0 Å². The van der Waals surface area contributed by atoms with Gasteiger partial charge in [-0.25, -0.2) is 0 Å². The Morgan fingerprint density at radius 3 is 1.29 bits per heavy atom. The summed E-state index contributed by atoms with van der Waals surface area (Å²) in [6.07, 6.45) is 9.37. The number of hydrogen-bond acceptors (Lipinski definition) is 0. The summed E-state index contributed by atoms with van der Waals surface area (Å²) in [7, 11) is 11.4. The van der Waals surface area contributed by atoms with E-state index < -0.39 is 58.2 Å². The maximum absolute atomic E-state index is 9.48. The number of halogens is 2. The third kappa shape index (κ3) is 8.90. The summed E-state index contributed by atoms with van der Waals surface area (Å²) < 4.78 is 1.09. The molecule has 2 atom stereocenters. The summed E-state index contributed by atoms with van der Waals surface area (Å²) in [4.78, 5) is 0. The Morgan fingerprint density at radius 1 is 0.486 bits per heavy atom. The number of aryl methyl sites for hydroxylation is 2. The monoisotopic (exact) mass is 1120 g/mol. The molecular weight excluding hydrogens is 1050 g/mol. The van der Waals surface area contributed by atoms with Crippen LogP contribution in [0, 0.1) is 0 Å². The van der Waals surface area contributed by atoms with Gasteiger partial charge in [0.25, 0.3) is 0 Å². The van der Waals surface area contributed by atoms with Crippen molar-refractivity contribution >= 4 is 105 Å². The van der Waals surface area contributed by atoms with Gasteiger partial charge in [0.2, 0.25) is 0 Å². The first-order chi connectivity index (χ1) is 32.7. The van der Waals surface area contributed by atoms with Crippen LogP contribution in [0.4, 0.5) is 0 Å². The summed E-state index contributed by atoms with van der Waals surface area (Å²) in [5.41, 5.74) is 19.3. The van der Waals surface area contributed by atoms with Gasteiger partial charge < -0.3 is 0 Å². The summed E-state index contributed by atoms with van der Waals surface area (Å²) >= 11 is -5.68. The molecule has 0 fully saturated rings. The Kier molecular flexibility index (Phi) is 13.7. The fraction of sp³-hybridized carbons (Fsp3) is 0.355. The molecule has 8 heteroatoms. The second kappa shape index (κ2) is 18.3. The van der Waals surface area contributed by atoms with Gasteiger partial charge in [0.05, 0.1) is 0 Å². The molecule has 2 unspecified atom stereocenters. The average molecular weight is 1130 g/mol. The van der Waals surface area contributed by atoms with E-state index in [4.69, 9.17) is 0 Å². The second-order valence-corrected chi connectivity index (χ2v) is 68.5. The van der Waals surface area contributed by atoms with Crippen LogP contribution in [-0.4, -0.2) is 41.8 Å². The zero-order chi connectivity index (χ0) is 50.7. The van der Waals surface area contributed by atoms with Crippen LogP contribution in [0.1, 0.15) is 81.2 Å². The molecule has 1 aliphatic heterocycles. The van der Waals surface area contributed by atoms with E-state index in [1.54, 1.807) is 20.7 Å². The van der Waals surface area contributed by atoms with Crippen LogP contribution in [0.5, 0.6) is 0 Å². The SMILES string of the molecule is CCCc1ccc2c(c1-c1cc([Si](C)(C)C)cc([Si](C)(C)C)c1)C=C(C)[CH]2[Zr]([Cl])([Cl])([c]1cccc2c1[SiH2]c1ccccc1-2)[CH]1C(C)=Cc2c1ccc(CCC)c2-c1cc([Si](C)(C)C)cc([Si](C)(C)C)c1. The number of rotatable bonds is 13. The fourth-order valence-electron chi connectivity index (χ4n) is 12.7. The van der Waals surface area contributed by atoms with Crippen LogP contribution in [0.25, 0.3) is 45.5 Å². The van der Waals surface area contributed by atoms with Crippen molar-refractivity contribution < 1.29 is 16.4 Å². The molecule has 365 valence electrons. The van der Waals surface area contributed by atoms with E-state index in [1.807, 2.05) is 0 Å². The third-order valence-electron chi connectivity index (χ3n) is 16.4. The van der Waals surface area contributed by atoms with E-state index in [0.717, 1.165) is 25.7 Å². The molecule has 0 aromatic heterocycles. The molecule has 9 rings (SSSR count). The molecule has 0 N–H and O–H groups in total. The van der Waals surface area contributed by atoms with Gasteiger partial charge >= 0.3 is 442 Å². The molecule has 6 aromatic rings. The van der Waals surface area contributed by atoms with E-state index in [2.05, 4.69) is 222 Å². The standard InChI is InChI=1S/2C25H35Si2.C12H9Si.2ClH.Zr/c2*1-9-10-19-11-12-20-13-18(2)14-24(20)25(19)21-15-22(26(3,4)5)17-23(16-21)27(6,7)8;1-3-7-11-9(5-1)10-6-2-4-8-12(10)13-11;;;/h2*11-17H,9-10H2,1-8H3;1-7H,13H2;2*1H;/q;;;;;+2/p-2. The maximum atomic E-state index is 9.48. The normalized spacial score (nSPS) is 17.7. The van der Waals surface area contributed by atoms with Crippen molar-refractivity contribution in [3.8, 4) is 33.4 Å². The van der Waals surface area contributed by atoms with Crippen LogP contribution in [0.15, 0.2) is 114 Å². The molecule has 0 bridgehead atoms. The molecule has 0 amide bonds. The first-order valence-electron chi connectivity index (χ1n) is 26.4. The molecule has 2 aliphatic carbocycles. The van der Waals surface area contributed by atoms with Crippen LogP contribution in [-0.2, 0) is 29.2 Å². The van der Waals surface area contributed by atoms with Gasteiger partial charge in [-0.1, -0.05) is 0 Å². The van der Waals surface area contributed by atoms with Gasteiger partial charge in [0.15, 0.2) is 0 Å². The Bertz CT molecular complexity index is 2940. The minimum atomic E-state index is -5.68. The summed E-state index contributed by atoms with van der Waals surface area (Å²) in [5.74, 6) is 0. The van der Waals surface area contributed by atoms with Gasteiger partial charge in [0, 0.05) is 0 Å². The molecule has 0 spiro atoms. The summed E-state index contributed by atoms with van der Waals surface area (Å²) in [6, 6.07) is 41.7. The Labute approximate surface area is 437 Å². The first kappa shape index (κ1) is 52.2. The van der Waals surface area contributed by atoms with Crippen molar-refractivity contribution in [1.29, 1.82) is 0 Å². The molecule has 3 aliphatic rings. The molecule has 70 heavy (non-hydrogen) atoms. The molecule has 6 aromatic carbocycles. The summed E-state index contributed by atoms with van der Waals surface area (Å²) in [6.45, 7) is 39.6.